The first-order valence-electron chi connectivity index (χ1n) is 5.74. The second kappa shape index (κ2) is 5.12. The van der Waals surface area contributed by atoms with E-state index >= 15 is 0 Å². The minimum absolute atomic E-state index is 0.0668. The summed E-state index contributed by atoms with van der Waals surface area (Å²) in [6.45, 7) is 1.34. The number of carbonyl (C=O) groups excluding carboxylic acids is 1. The molecule has 1 aromatic carbocycles. The highest BCUT2D eigenvalue weighted by Gasteiger charge is 2.26. The summed E-state index contributed by atoms with van der Waals surface area (Å²) < 4.78 is 49.0. The molecule has 2 rings (SSSR count). The van der Waals surface area contributed by atoms with Gasteiger partial charge in [-0.1, -0.05) is 18.2 Å². The van der Waals surface area contributed by atoms with Gasteiger partial charge >= 0.3 is 0 Å². The number of nitrogens with one attached hydrogen (secondary N) is 1. The van der Waals surface area contributed by atoms with Crippen LogP contribution in [0.1, 0.15) is 17.3 Å². The van der Waals surface area contributed by atoms with Gasteiger partial charge in [-0.25, -0.2) is 21.6 Å². The Labute approximate surface area is 117 Å². The molecule has 0 saturated heterocycles. The molecule has 8 heteroatoms. The van der Waals surface area contributed by atoms with E-state index in [2.05, 4.69) is 4.72 Å². The predicted molar refractivity (Wildman–Crippen MR) is 73.5 cm³/mol. The smallest absolute Gasteiger partial charge is 0.241 e. The van der Waals surface area contributed by atoms with Crippen molar-refractivity contribution in [3.8, 4) is 0 Å². The highest BCUT2D eigenvalue weighted by molar-refractivity contribution is 7.94. The average Bonchev–Trinajstić information content (AvgIpc) is 2.68. The van der Waals surface area contributed by atoms with Crippen LogP contribution >= 0.6 is 0 Å². The zero-order valence-electron chi connectivity index (χ0n) is 10.6. The fourth-order valence-corrected chi connectivity index (χ4v) is 4.38. The summed E-state index contributed by atoms with van der Waals surface area (Å²) in [5.74, 6) is -0.538. The molecule has 1 aliphatic heterocycles. The van der Waals surface area contributed by atoms with Gasteiger partial charge in [0.2, 0.25) is 10.0 Å². The number of hydrogen-bond acceptors (Lipinski definition) is 5. The Morgan fingerprint density at radius 1 is 1.35 bits per heavy atom. The quantitative estimate of drug-likeness (QED) is 0.815. The minimum atomic E-state index is -3.87. The van der Waals surface area contributed by atoms with Gasteiger partial charge in [0.05, 0.1) is 16.7 Å². The van der Waals surface area contributed by atoms with Crippen LogP contribution in [0.2, 0.25) is 0 Å². The second-order valence-corrected chi connectivity index (χ2v) is 8.12. The molecule has 0 bridgehead atoms. The van der Waals surface area contributed by atoms with Gasteiger partial charge in [-0.2, -0.15) is 0 Å². The van der Waals surface area contributed by atoms with Crippen molar-refractivity contribution in [3.63, 3.8) is 0 Å². The van der Waals surface area contributed by atoms with E-state index in [0.29, 0.717) is 0 Å². The molecule has 0 spiro atoms. The molecule has 0 amide bonds. The van der Waals surface area contributed by atoms with Gasteiger partial charge in [0.15, 0.2) is 15.6 Å². The Kier molecular flexibility index (Phi) is 3.81. The fourth-order valence-electron chi connectivity index (χ4n) is 1.80. The number of sulfone groups is 1. The Balaban J connectivity index is 2.26. The summed E-state index contributed by atoms with van der Waals surface area (Å²) in [6, 6.07) is 4.80. The van der Waals surface area contributed by atoms with Crippen LogP contribution < -0.4 is 4.72 Å². The van der Waals surface area contributed by atoms with Gasteiger partial charge < -0.3 is 0 Å². The molecule has 6 nitrogen and oxygen atoms in total. The maximum absolute atomic E-state index is 12.1. The third kappa shape index (κ3) is 3.33. The number of ketones is 1. The molecule has 0 aromatic heterocycles. The Morgan fingerprint density at radius 2 is 2.05 bits per heavy atom. The summed E-state index contributed by atoms with van der Waals surface area (Å²) in [4.78, 5) is 11.2. The first-order valence-corrected chi connectivity index (χ1v) is 8.94. The summed E-state index contributed by atoms with van der Waals surface area (Å²) in [7, 11) is -7.20. The van der Waals surface area contributed by atoms with E-state index in [1.165, 1.54) is 37.3 Å². The third-order valence-corrected chi connectivity index (χ3v) is 5.67. The molecular formula is C12H13NO5S2. The van der Waals surface area contributed by atoms with Gasteiger partial charge in [-0.3, -0.25) is 4.79 Å². The molecule has 1 N–H and O–H groups in total. The molecule has 0 aliphatic carbocycles. The normalized spacial score (nSPS) is 20.9. The van der Waals surface area contributed by atoms with Crippen molar-refractivity contribution < 1.29 is 21.6 Å². The molecule has 1 heterocycles. The highest BCUT2D eigenvalue weighted by Crippen LogP contribution is 2.15. The number of carbonyl (C=O) groups is 1. The summed E-state index contributed by atoms with van der Waals surface area (Å²) >= 11 is 0. The maximum Gasteiger partial charge on any atom is 0.241 e. The van der Waals surface area contributed by atoms with Crippen molar-refractivity contribution in [1.82, 2.24) is 4.72 Å². The van der Waals surface area contributed by atoms with Crippen LogP contribution in [0.4, 0.5) is 0 Å². The topological polar surface area (TPSA) is 97.4 Å². The van der Waals surface area contributed by atoms with Crippen LogP contribution in [0.25, 0.3) is 0 Å². The molecule has 0 fully saturated rings. The molecule has 1 unspecified atom stereocenters. The molecular weight excluding hydrogens is 302 g/mol. The van der Waals surface area contributed by atoms with E-state index in [1.54, 1.807) is 0 Å². The molecule has 0 saturated carbocycles. The standard InChI is InChI=1S/C12H13NO5S2/c1-9(14)10-3-2-4-12(7-10)20(17,18)13-11-5-6-19(15,16)8-11/h2-7,11,13H,8H2,1H3. The largest absolute Gasteiger partial charge is 0.295 e. The van der Waals surface area contributed by atoms with Crippen LogP contribution in [-0.4, -0.2) is 34.4 Å². The lowest BCUT2D eigenvalue weighted by atomic mass is 10.2. The van der Waals surface area contributed by atoms with Gasteiger partial charge in [-0.15, -0.1) is 0 Å². The van der Waals surface area contributed by atoms with Gasteiger partial charge in [-0.05, 0) is 19.1 Å². The Morgan fingerprint density at radius 3 is 2.60 bits per heavy atom. The van der Waals surface area contributed by atoms with Crippen molar-refractivity contribution >= 4 is 25.6 Å². The zero-order chi connectivity index (χ0) is 15.0. The average molecular weight is 315 g/mol. The summed E-state index contributed by atoms with van der Waals surface area (Å²) in [6.07, 6.45) is 1.29. The molecule has 20 heavy (non-hydrogen) atoms. The van der Waals surface area contributed by atoms with E-state index in [-0.39, 0.29) is 22.0 Å². The summed E-state index contributed by atoms with van der Waals surface area (Å²) in [5, 5.41) is 0.992. The number of hydrogen-bond donors (Lipinski definition) is 1. The van der Waals surface area contributed by atoms with E-state index in [9.17, 15) is 21.6 Å². The zero-order valence-corrected chi connectivity index (χ0v) is 12.2. The molecule has 108 valence electrons. The van der Waals surface area contributed by atoms with Crippen LogP contribution in [0, 0.1) is 0 Å². The number of benzene rings is 1. The lowest BCUT2D eigenvalue weighted by molar-refractivity contribution is 0.101. The van der Waals surface area contributed by atoms with E-state index in [1.807, 2.05) is 0 Å². The van der Waals surface area contributed by atoms with Crippen molar-refractivity contribution in [1.29, 1.82) is 0 Å². The Hall–Kier alpha value is -1.51. The lowest BCUT2D eigenvalue weighted by Crippen LogP contribution is -2.35. The predicted octanol–water partition coefficient (Wildman–Crippen LogP) is 0.478. The van der Waals surface area contributed by atoms with Crippen LogP contribution in [0.15, 0.2) is 40.6 Å². The minimum Gasteiger partial charge on any atom is -0.295 e. The maximum atomic E-state index is 12.1. The lowest BCUT2D eigenvalue weighted by Gasteiger charge is -2.11. The number of Topliss-reactive ketones (excluding diaryl/α,β-unsaturated/α-hetero) is 1. The van der Waals surface area contributed by atoms with Crippen LogP contribution in [0.3, 0.4) is 0 Å². The number of rotatable bonds is 4. The molecule has 1 aliphatic rings. The number of sulfonamides is 1. The van der Waals surface area contributed by atoms with Crippen LogP contribution in [-0.2, 0) is 19.9 Å². The third-order valence-electron chi connectivity index (χ3n) is 2.79. The monoisotopic (exact) mass is 315 g/mol. The van der Waals surface area contributed by atoms with Gasteiger partial charge in [0.1, 0.15) is 0 Å². The molecule has 1 aromatic rings. The Bertz CT molecular complexity index is 778. The molecule has 1 atom stereocenters. The van der Waals surface area contributed by atoms with Gasteiger partial charge in [0.25, 0.3) is 0 Å². The van der Waals surface area contributed by atoms with Crippen molar-refractivity contribution in [2.24, 2.45) is 0 Å². The second-order valence-electron chi connectivity index (χ2n) is 4.47. The first-order chi connectivity index (χ1) is 9.20. The fraction of sp³-hybridized carbons (Fsp3) is 0.250. The van der Waals surface area contributed by atoms with E-state index < -0.39 is 25.9 Å². The highest BCUT2D eigenvalue weighted by atomic mass is 32.2. The summed E-state index contributed by atoms with van der Waals surface area (Å²) in [5.41, 5.74) is 0.280. The molecule has 0 radical (unpaired) electrons. The van der Waals surface area contributed by atoms with E-state index in [0.717, 1.165) is 5.41 Å². The SMILES string of the molecule is CC(=O)c1cccc(S(=O)(=O)NC2C=CS(=O)(=O)C2)c1. The van der Waals surface area contributed by atoms with Crippen molar-refractivity contribution in [3.05, 3.63) is 41.3 Å². The van der Waals surface area contributed by atoms with Crippen LogP contribution in [0.5, 0.6) is 0 Å². The van der Waals surface area contributed by atoms with E-state index in [4.69, 9.17) is 0 Å². The first kappa shape index (κ1) is 14.9. The van der Waals surface area contributed by atoms with Gasteiger partial charge in [0, 0.05) is 11.0 Å². The van der Waals surface area contributed by atoms with Crippen molar-refractivity contribution in [2.75, 3.05) is 5.75 Å². The van der Waals surface area contributed by atoms with Crippen molar-refractivity contribution in [2.45, 2.75) is 17.9 Å².